The molecule has 5 nitrogen and oxygen atoms in total. The molecule has 4 N–H and O–H groups in total. The minimum absolute atomic E-state index is 0.0359. The highest BCUT2D eigenvalue weighted by molar-refractivity contribution is 7.92. The molecule has 0 spiro atoms. The number of hydrazine groups is 1. The van der Waals surface area contributed by atoms with E-state index in [1.54, 1.807) is 13.0 Å². The van der Waals surface area contributed by atoms with Gasteiger partial charge in [-0.05, 0) is 12.5 Å². The Labute approximate surface area is 100 Å². The van der Waals surface area contributed by atoms with Crippen LogP contribution in [0, 0.1) is 5.82 Å². The Balaban J connectivity index is 2.96. The van der Waals surface area contributed by atoms with Gasteiger partial charge in [0.1, 0.15) is 0 Å². The molecule has 0 fully saturated rings. The molecule has 7 heteroatoms. The summed E-state index contributed by atoms with van der Waals surface area (Å²) in [7, 11) is -3.48. The number of anilines is 1. The second kappa shape index (κ2) is 5.95. The first-order valence-electron chi connectivity index (χ1n) is 5.21. The number of sulfonamides is 1. The molecule has 96 valence electrons. The second-order valence-corrected chi connectivity index (χ2v) is 5.42. The van der Waals surface area contributed by atoms with Gasteiger partial charge in [0.05, 0.1) is 11.4 Å². The molecule has 0 amide bonds. The van der Waals surface area contributed by atoms with Gasteiger partial charge in [0.2, 0.25) is 10.0 Å². The van der Waals surface area contributed by atoms with Gasteiger partial charge in [-0.3, -0.25) is 16.0 Å². The van der Waals surface area contributed by atoms with Gasteiger partial charge in [-0.1, -0.05) is 19.1 Å². The van der Waals surface area contributed by atoms with E-state index in [0.29, 0.717) is 12.0 Å². The van der Waals surface area contributed by atoms with Crippen molar-refractivity contribution in [2.24, 2.45) is 5.84 Å². The van der Waals surface area contributed by atoms with E-state index in [4.69, 9.17) is 5.84 Å². The summed E-state index contributed by atoms with van der Waals surface area (Å²) >= 11 is 0. The van der Waals surface area contributed by atoms with Gasteiger partial charge in [0.15, 0.2) is 5.82 Å². The van der Waals surface area contributed by atoms with E-state index >= 15 is 0 Å². The van der Waals surface area contributed by atoms with Crippen LogP contribution in [0.15, 0.2) is 18.2 Å². The largest absolute Gasteiger partial charge is 0.281 e. The van der Waals surface area contributed by atoms with Gasteiger partial charge >= 0.3 is 0 Å². The van der Waals surface area contributed by atoms with Crippen molar-refractivity contribution in [2.75, 3.05) is 10.5 Å². The van der Waals surface area contributed by atoms with Crippen LogP contribution in [0.4, 0.5) is 10.1 Å². The van der Waals surface area contributed by atoms with Crippen molar-refractivity contribution >= 4 is 15.7 Å². The molecule has 0 aliphatic heterocycles. The Bertz CT molecular complexity index is 476. The van der Waals surface area contributed by atoms with Crippen LogP contribution in [0.2, 0.25) is 0 Å². The third kappa shape index (κ3) is 3.95. The summed E-state index contributed by atoms with van der Waals surface area (Å²) in [5, 5.41) is 0. The van der Waals surface area contributed by atoms with Crippen LogP contribution in [0.1, 0.15) is 18.9 Å². The van der Waals surface area contributed by atoms with E-state index < -0.39 is 15.8 Å². The van der Waals surface area contributed by atoms with Crippen molar-refractivity contribution in [1.29, 1.82) is 0 Å². The predicted octanol–water partition coefficient (Wildman–Crippen LogP) is 0.941. The molecule has 0 atom stereocenters. The summed E-state index contributed by atoms with van der Waals surface area (Å²) in [5.41, 5.74) is 2.58. The van der Waals surface area contributed by atoms with Gasteiger partial charge < -0.3 is 0 Å². The maximum absolute atomic E-state index is 13.8. The van der Waals surface area contributed by atoms with Gasteiger partial charge in [-0.2, -0.15) is 0 Å². The first kappa shape index (κ1) is 13.9. The monoisotopic (exact) mass is 261 g/mol. The van der Waals surface area contributed by atoms with Crippen LogP contribution in [0.3, 0.4) is 0 Å². The Kier molecular flexibility index (Phi) is 4.86. The maximum Gasteiger partial charge on any atom is 0.232 e. The summed E-state index contributed by atoms with van der Waals surface area (Å²) in [6, 6.07) is 4.48. The Hall–Kier alpha value is -1.18. The zero-order chi connectivity index (χ0) is 12.9. The molecule has 0 saturated carbocycles. The molecule has 0 radical (unpaired) electrons. The standard InChI is InChI=1S/C10H16FN3O2S/c1-2-6-17(15,16)14-9-5-3-4-8(7-13-12)10(9)11/h3-5,13-14H,2,6-7,12H2,1H3. The van der Waals surface area contributed by atoms with Crippen molar-refractivity contribution in [3.8, 4) is 0 Å². The highest BCUT2D eigenvalue weighted by atomic mass is 32.2. The Morgan fingerprint density at radius 1 is 1.41 bits per heavy atom. The summed E-state index contributed by atoms with van der Waals surface area (Å²) < 4.78 is 39.0. The van der Waals surface area contributed by atoms with Crippen LogP contribution < -0.4 is 16.0 Å². The van der Waals surface area contributed by atoms with Crippen molar-refractivity contribution in [1.82, 2.24) is 5.43 Å². The summed E-state index contributed by atoms with van der Waals surface area (Å²) in [4.78, 5) is 0. The number of nitrogens with one attached hydrogen (secondary N) is 2. The predicted molar refractivity (Wildman–Crippen MR) is 65.1 cm³/mol. The molecule has 0 unspecified atom stereocenters. The number of rotatable bonds is 6. The quantitative estimate of drug-likeness (QED) is 0.525. The van der Waals surface area contributed by atoms with Gasteiger partial charge in [-0.25, -0.2) is 12.8 Å². The topological polar surface area (TPSA) is 84.2 Å². The number of hydrogen-bond acceptors (Lipinski definition) is 4. The lowest BCUT2D eigenvalue weighted by atomic mass is 10.2. The molecule has 0 heterocycles. The van der Waals surface area contributed by atoms with Crippen LogP contribution in [-0.2, 0) is 16.6 Å². The molecular formula is C10H16FN3O2S. The molecule has 17 heavy (non-hydrogen) atoms. The number of benzene rings is 1. The van der Waals surface area contributed by atoms with Crippen LogP contribution >= 0.6 is 0 Å². The lowest BCUT2D eigenvalue weighted by molar-refractivity contribution is 0.590. The van der Waals surface area contributed by atoms with Crippen LogP contribution in [-0.4, -0.2) is 14.2 Å². The van der Waals surface area contributed by atoms with Crippen molar-refractivity contribution in [3.05, 3.63) is 29.6 Å². The van der Waals surface area contributed by atoms with Crippen LogP contribution in [0.25, 0.3) is 0 Å². The smallest absolute Gasteiger partial charge is 0.232 e. The van der Waals surface area contributed by atoms with Gasteiger partial charge in [0.25, 0.3) is 0 Å². The Morgan fingerprint density at radius 2 is 2.12 bits per heavy atom. The highest BCUT2D eigenvalue weighted by Crippen LogP contribution is 2.19. The fourth-order valence-corrected chi connectivity index (χ4v) is 2.52. The third-order valence-electron chi connectivity index (χ3n) is 2.11. The molecule has 0 saturated heterocycles. The average molecular weight is 261 g/mol. The first-order chi connectivity index (χ1) is 8.00. The summed E-state index contributed by atoms with van der Waals surface area (Å²) in [5.74, 6) is 4.46. The number of halogens is 1. The minimum Gasteiger partial charge on any atom is -0.281 e. The lowest BCUT2D eigenvalue weighted by Gasteiger charge is -2.10. The van der Waals surface area contributed by atoms with Crippen molar-refractivity contribution in [2.45, 2.75) is 19.9 Å². The molecule has 0 aromatic heterocycles. The molecule has 0 bridgehead atoms. The zero-order valence-electron chi connectivity index (χ0n) is 9.53. The van der Waals surface area contributed by atoms with Crippen molar-refractivity contribution in [3.63, 3.8) is 0 Å². The van der Waals surface area contributed by atoms with E-state index in [1.165, 1.54) is 12.1 Å². The fourth-order valence-electron chi connectivity index (χ4n) is 1.39. The SMILES string of the molecule is CCCS(=O)(=O)Nc1cccc(CNN)c1F. The molecule has 0 aliphatic rings. The number of nitrogens with two attached hydrogens (primary N) is 1. The lowest BCUT2D eigenvalue weighted by Crippen LogP contribution is -2.22. The normalized spacial score (nSPS) is 11.5. The molecule has 1 rings (SSSR count). The van der Waals surface area contributed by atoms with Gasteiger partial charge in [-0.15, -0.1) is 0 Å². The minimum atomic E-state index is -3.48. The Morgan fingerprint density at radius 3 is 2.71 bits per heavy atom. The fraction of sp³-hybridized carbons (Fsp3) is 0.400. The van der Waals surface area contributed by atoms with Crippen molar-refractivity contribution < 1.29 is 12.8 Å². The summed E-state index contributed by atoms with van der Waals surface area (Å²) in [6.45, 7) is 1.87. The zero-order valence-corrected chi connectivity index (χ0v) is 10.3. The second-order valence-electron chi connectivity index (χ2n) is 3.58. The van der Waals surface area contributed by atoms with E-state index in [0.717, 1.165) is 0 Å². The molecule has 1 aromatic carbocycles. The van der Waals surface area contributed by atoms with E-state index in [-0.39, 0.29) is 18.0 Å². The van der Waals surface area contributed by atoms with Crippen LogP contribution in [0.5, 0.6) is 0 Å². The maximum atomic E-state index is 13.8. The highest BCUT2D eigenvalue weighted by Gasteiger charge is 2.13. The molecular weight excluding hydrogens is 245 g/mol. The van der Waals surface area contributed by atoms with E-state index in [9.17, 15) is 12.8 Å². The van der Waals surface area contributed by atoms with Gasteiger partial charge in [0, 0.05) is 12.1 Å². The summed E-state index contributed by atoms with van der Waals surface area (Å²) in [6.07, 6.45) is 0.473. The number of hydrogen-bond donors (Lipinski definition) is 3. The molecule has 0 aliphatic carbocycles. The first-order valence-corrected chi connectivity index (χ1v) is 6.86. The average Bonchev–Trinajstić information content (AvgIpc) is 2.24. The third-order valence-corrected chi connectivity index (χ3v) is 3.59. The molecule has 1 aromatic rings. The van der Waals surface area contributed by atoms with E-state index in [1.807, 2.05) is 0 Å². The van der Waals surface area contributed by atoms with E-state index in [2.05, 4.69) is 10.1 Å².